The molecule has 4 N–H and O–H groups in total. The summed E-state index contributed by atoms with van der Waals surface area (Å²) in [6.45, 7) is 7.52. The second kappa shape index (κ2) is 17.5. The third-order valence-electron chi connectivity index (χ3n) is 10.0. The summed E-state index contributed by atoms with van der Waals surface area (Å²) >= 11 is 0. The lowest BCUT2D eigenvalue weighted by Gasteiger charge is -2.29. The molecule has 2 heterocycles. The normalized spacial score (nSPS) is 17.9. The Hall–Kier alpha value is -5.59. The third kappa shape index (κ3) is 10.3. The Morgan fingerprint density at radius 1 is 0.870 bits per heavy atom. The van der Waals surface area contributed by atoms with Crippen molar-refractivity contribution in [2.45, 2.75) is 83.8 Å². The average Bonchev–Trinajstić information content (AvgIpc) is 3.72. The number of carbonyl (C=O) groups excluding carboxylic acids is 4. The quantitative estimate of drug-likeness (QED) is 0.142. The number of piperidine rings is 1. The summed E-state index contributed by atoms with van der Waals surface area (Å²) in [6, 6.07) is 21.8. The van der Waals surface area contributed by atoms with E-state index in [-0.39, 0.29) is 36.0 Å². The van der Waals surface area contributed by atoms with Gasteiger partial charge in [0, 0.05) is 48.8 Å². The Kier molecular flexibility index (Phi) is 12.4. The number of carbonyl (C=O) groups is 4. The van der Waals surface area contributed by atoms with E-state index in [1.165, 1.54) is 0 Å². The molecule has 1 unspecified atom stereocenters. The second-order valence-electron chi connectivity index (χ2n) is 15.3. The summed E-state index contributed by atoms with van der Waals surface area (Å²) in [5.41, 5.74) is 4.05. The van der Waals surface area contributed by atoms with Crippen LogP contribution in [0.1, 0.15) is 81.6 Å². The minimum Gasteiger partial charge on any atom is -0.444 e. The van der Waals surface area contributed by atoms with Gasteiger partial charge in [0.05, 0.1) is 0 Å². The number of benzene rings is 3. The standard InChI is InChI=1S/C41H50N8O5/c1-41(2,3)54-40(53)42-26-28-13-17-31(18-14-28)37(50)44-35(38(51)43-32-21-19-30(20-22-32)36-45-47-48-46-36)25-27-11-15-29(16-12-27)33-9-5-6-10-34(33)39(52)49-23-7-4-8-24-49/h5-6,9-12,15-16,19-22,28,31,35H,4,7-8,13-14,17-18,23-26H2,1-3H3,(H,42,53)(H,43,51)(H,44,50)(H,45,46,47,48). The Bertz CT molecular complexity index is 1880. The summed E-state index contributed by atoms with van der Waals surface area (Å²) in [5, 5.41) is 22.9. The van der Waals surface area contributed by atoms with E-state index in [0.29, 0.717) is 36.5 Å². The first kappa shape index (κ1) is 38.1. The van der Waals surface area contributed by atoms with Crippen molar-refractivity contribution in [2.24, 2.45) is 11.8 Å². The van der Waals surface area contributed by atoms with Gasteiger partial charge in [0.25, 0.3) is 5.91 Å². The predicted octanol–water partition coefficient (Wildman–Crippen LogP) is 6.16. The molecular formula is C41H50N8O5. The molecule has 2 aliphatic rings. The summed E-state index contributed by atoms with van der Waals surface area (Å²) in [6.07, 6.45) is 5.89. The van der Waals surface area contributed by atoms with Crippen molar-refractivity contribution in [3.63, 3.8) is 0 Å². The van der Waals surface area contributed by atoms with Crippen molar-refractivity contribution in [1.82, 2.24) is 36.2 Å². The van der Waals surface area contributed by atoms with Gasteiger partial charge >= 0.3 is 6.09 Å². The summed E-state index contributed by atoms with van der Waals surface area (Å²) in [7, 11) is 0. The van der Waals surface area contributed by atoms with E-state index in [4.69, 9.17) is 4.74 Å². The number of rotatable bonds is 11. The maximum absolute atomic E-state index is 13.8. The minimum atomic E-state index is -0.847. The highest BCUT2D eigenvalue weighted by Crippen LogP contribution is 2.30. The minimum absolute atomic E-state index is 0.0486. The zero-order chi connectivity index (χ0) is 38.1. The van der Waals surface area contributed by atoms with Crippen LogP contribution in [0.3, 0.4) is 0 Å². The number of ether oxygens (including phenoxy) is 1. The highest BCUT2D eigenvalue weighted by molar-refractivity contribution is 6.01. The van der Waals surface area contributed by atoms with Gasteiger partial charge in [-0.25, -0.2) is 4.79 Å². The third-order valence-corrected chi connectivity index (χ3v) is 10.0. The maximum atomic E-state index is 13.8. The molecule has 4 amide bonds. The first-order chi connectivity index (χ1) is 26.0. The van der Waals surface area contributed by atoms with Crippen molar-refractivity contribution in [1.29, 1.82) is 0 Å². The Morgan fingerprint density at radius 3 is 2.22 bits per heavy atom. The molecule has 1 saturated heterocycles. The number of H-pyrrole nitrogens is 1. The molecule has 1 aromatic heterocycles. The molecule has 1 atom stereocenters. The predicted molar refractivity (Wildman–Crippen MR) is 205 cm³/mol. The van der Waals surface area contributed by atoms with E-state index in [1.807, 2.05) is 74.2 Å². The number of likely N-dealkylation sites (tertiary alicyclic amines) is 1. The highest BCUT2D eigenvalue weighted by atomic mass is 16.6. The van der Waals surface area contributed by atoms with Crippen molar-refractivity contribution < 1.29 is 23.9 Å². The van der Waals surface area contributed by atoms with Crippen LogP contribution in [-0.4, -0.2) is 80.6 Å². The van der Waals surface area contributed by atoms with Crippen molar-refractivity contribution in [3.05, 3.63) is 83.9 Å². The Labute approximate surface area is 316 Å². The van der Waals surface area contributed by atoms with Crippen LogP contribution in [0.2, 0.25) is 0 Å². The highest BCUT2D eigenvalue weighted by Gasteiger charge is 2.30. The fourth-order valence-corrected chi connectivity index (χ4v) is 7.13. The van der Waals surface area contributed by atoms with Crippen LogP contribution in [-0.2, 0) is 20.7 Å². The SMILES string of the molecule is CC(C)(C)OC(=O)NCC1CCC(C(=O)NC(Cc2ccc(-c3ccccc3C(=O)N3CCCCC3)cc2)C(=O)Nc2ccc(-c3nn[nH]n3)cc2)CC1. The number of anilines is 1. The van der Waals surface area contributed by atoms with E-state index in [2.05, 4.69) is 36.6 Å². The van der Waals surface area contributed by atoms with E-state index in [1.54, 1.807) is 24.3 Å². The first-order valence-corrected chi connectivity index (χ1v) is 18.9. The molecule has 54 heavy (non-hydrogen) atoms. The number of tetrazole rings is 1. The molecule has 4 aromatic rings. The lowest BCUT2D eigenvalue weighted by atomic mass is 9.81. The summed E-state index contributed by atoms with van der Waals surface area (Å²) in [5.74, 6) is -0.0170. The molecule has 284 valence electrons. The molecule has 1 aliphatic carbocycles. The number of amides is 4. The van der Waals surface area contributed by atoms with Crippen molar-refractivity contribution >= 4 is 29.5 Å². The molecule has 0 bridgehead atoms. The molecule has 1 aliphatic heterocycles. The smallest absolute Gasteiger partial charge is 0.407 e. The largest absolute Gasteiger partial charge is 0.444 e. The Balaban J connectivity index is 1.13. The summed E-state index contributed by atoms with van der Waals surface area (Å²) in [4.78, 5) is 55.1. The average molecular weight is 735 g/mol. The molecular weight excluding hydrogens is 685 g/mol. The van der Waals surface area contributed by atoms with Crippen LogP contribution in [0.4, 0.5) is 10.5 Å². The lowest BCUT2D eigenvalue weighted by Crippen LogP contribution is -2.48. The number of aromatic amines is 1. The molecule has 0 radical (unpaired) electrons. The van der Waals surface area contributed by atoms with Gasteiger partial charge in [-0.05, 0) is 124 Å². The van der Waals surface area contributed by atoms with E-state index in [0.717, 1.165) is 67.4 Å². The molecule has 1 saturated carbocycles. The number of nitrogens with one attached hydrogen (secondary N) is 4. The number of hydrogen-bond donors (Lipinski definition) is 4. The van der Waals surface area contributed by atoms with Gasteiger partial charge < -0.3 is 25.6 Å². The zero-order valence-electron chi connectivity index (χ0n) is 31.3. The Morgan fingerprint density at radius 2 is 1.56 bits per heavy atom. The van der Waals surface area contributed by atoms with Crippen LogP contribution < -0.4 is 16.0 Å². The van der Waals surface area contributed by atoms with Gasteiger partial charge in [-0.15, -0.1) is 10.2 Å². The topological polar surface area (TPSA) is 171 Å². The van der Waals surface area contributed by atoms with Gasteiger partial charge in [-0.2, -0.15) is 5.21 Å². The van der Waals surface area contributed by atoms with Gasteiger partial charge in [0.1, 0.15) is 11.6 Å². The van der Waals surface area contributed by atoms with E-state index < -0.39 is 17.7 Å². The lowest BCUT2D eigenvalue weighted by molar-refractivity contribution is -0.130. The van der Waals surface area contributed by atoms with Crippen LogP contribution in [0.15, 0.2) is 72.8 Å². The van der Waals surface area contributed by atoms with Gasteiger partial charge in [-0.1, -0.05) is 42.5 Å². The maximum Gasteiger partial charge on any atom is 0.407 e. The zero-order valence-corrected chi connectivity index (χ0v) is 31.3. The number of nitrogens with zero attached hydrogens (tertiary/aromatic N) is 4. The number of hydrogen-bond acceptors (Lipinski definition) is 8. The summed E-state index contributed by atoms with van der Waals surface area (Å²) < 4.78 is 5.36. The fourth-order valence-electron chi connectivity index (χ4n) is 7.13. The molecule has 2 fully saturated rings. The van der Waals surface area contributed by atoms with Crippen LogP contribution in [0.5, 0.6) is 0 Å². The second-order valence-corrected chi connectivity index (χ2v) is 15.3. The van der Waals surface area contributed by atoms with Crippen LogP contribution in [0, 0.1) is 11.8 Å². The van der Waals surface area contributed by atoms with E-state index >= 15 is 0 Å². The van der Waals surface area contributed by atoms with Gasteiger partial charge in [0.15, 0.2) is 0 Å². The number of aromatic nitrogens is 4. The van der Waals surface area contributed by atoms with E-state index in [9.17, 15) is 19.2 Å². The molecule has 3 aromatic carbocycles. The van der Waals surface area contributed by atoms with Gasteiger partial charge in [0.2, 0.25) is 17.6 Å². The van der Waals surface area contributed by atoms with Gasteiger partial charge in [-0.3, -0.25) is 14.4 Å². The molecule has 13 heteroatoms. The van der Waals surface area contributed by atoms with Crippen LogP contribution >= 0.6 is 0 Å². The first-order valence-electron chi connectivity index (χ1n) is 18.9. The molecule has 13 nitrogen and oxygen atoms in total. The fraction of sp³-hybridized carbons (Fsp3) is 0.439. The molecule has 0 spiro atoms. The number of alkyl carbamates (subject to hydrolysis) is 1. The van der Waals surface area contributed by atoms with Crippen molar-refractivity contribution in [2.75, 3.05) is 25.0 Å². The van der Waals surface area contributed by atoms with Crippen LogP contribution in [0.25, 0.3) is 22.5 Å². The monoisotopic (exact) mass is 734 g/mol. The van der Waals surface area contributed by atoms with Crippen molar-refractivity contribution in [3.8, 4) is 22.5 Å². The molecule has 6 rings (SSSR count).